The molecule has 0 radical (unpaired) electrons. The summed E-state index contributed by atoms with van der Waals surface area (Å²) in [5.74, 6) is 0. The maximum Gasteiger partial charge on any atom is 0.0443 e. The highest BCUT2D eigenvalue weighted by Gasteiger charge is 2.29. The summed E-state index contributed by atoms with van der Waals surface area (Å²) in [6, 6.07) is 2.85. The normalized spacial score (nSPS) is 24.9. The fourth-order valence-electron chi connectivity index (χ4n) is 3.43. The Labute approximate surface area is 115 Å². The van der Waals surface area contributed by atoms with Gasteiger partial charge in [0.1, 0.15) is 0 Å². The van der Waals surface area contributed by atoms with Crippen molar-refractivity contribution in [2.75, 3.05) is 31.1 Å². The molecule has 2 saturated heterocycles. The van der Waals surface area contributed by atoms with Crippen molar-refractivity contribution in [3.63, 3.8) is 0 Å². The van der Waals surface area contributed by atoms with Gasteiger partial charge >= 0.3 is 0 Å². The van der Waals surface area contributed by atoms with Crippen molar-refractivity contribution in [1.82, 2.24) is 9.88 Å². The Bertz CT molecular complexity index is 414. The average Bonchev–Trinajstić information content (AvgIpc) is 2.98. The van der Waals surface area contributed by atoms with E-state index in [0.29, 0.717) is 6.54 Å². The summed E-state index contributed by atoms with van der Waals surface area (Å²) in [5, 5.41) is 0. The maximum absolute atomic E-state index is 5.82. The Morgan fingerprint density at radius 3 is 2.84 bits per heavy atom. The molecule has 0 spiro atoms. The van der Waals surface area contributed by atoms with Gasteiger partial charge in [-0.2, -0.15) is 0 Å². The standard InChI is InChI=1S/C15H24N4/c16-10-13-11-17-6-4-15(13)19-9-5-14(12-19)18-7-2-1-3-8-18/h4,6,11,14H,1-3,5,7-10,12,16H2. The van der Waals surface area contributed by atoms with Gasteiger partial charge in [-0.05, 0) is 38.4 Å². The second-order valence-electron chi connectivity index (χ2n) is 5.69. The zero-order valence-electron chi connectivity index (χ0n) is 11.6. The SMILES string of the molecule is NCc1cnccc1N1CCC(N2CCCCC2)C1. The van der Waals surface area contributed by atoms with Crippen LogP contribution in [0.15, 0.2) is 18.5 Å². The zero-order chi connectivity index (χ0) is 13.1. The van der Waals surface area contributed by atoms with E-state index in [1.54, 1.807) is 0 Å². The highest BCUT2D eigenvalue weighted by molar-refractivity contribution is 5.53. The second-order valence-corrected chi connectivity index (χ2v) is 5.69. The molecular formula is C15H24N4. The third-order valence-corrected chi connectivity index (χ3v) is 4.51. The number of rotatable bonds is 3. The number of hydrogen-bond donors (Lipinski definition) is 1. The van der Waals surface area contributed by atoms with Crippen LogP contribution in [0.4, 0.5) is 5.69 Å². The maximum atomic E-state index is 5.82. The lowest BCUT2D eigenvalue weighted by molar-refractivity contribution is 0.175. The van der Waals surface area contributed by atoms with Gasteiger partial charge in [0.05, 0.1) is 0 Å². The lowest BCUT2D eigenvalue weighted by Crippen LogP contribution is -2.41. The van der Waals surface area contributed by atoms with Crippen LogP contribution in [-0.4, -0.2) is 42.1 Å². The van der Waals surface area contributed by atoms with Crippen molar-refractivity contribution in [2.24, 2.45) is 5.73 Å². The van der Waals surface area contributed by atoms with Crippen molar-refractivity contribution >= 4 is 5.69 Å². The van der Waals surface area contributed by atoms with Gasteiger partial charge in [0.2, 0.25) is 0 Å². The monoisotopic (exact) mass is 260 g/mol. The number of anilines is 1. The van der Waals surface area contributed by atoms with E-state index in [2.05, 4.69) is 20.9 Å². The van der Waals surface area contributed by atoms with Crippen LogP contribution in [0.3, 0.4) is 0 Å². The number of aromatic nitrogens is 1. The van der Waals surface area contributed by atoms with Crippen LogP contribution in [0.2, 0.25) is 0 Å². The van der Waals surface area contributed by atoms with Gasteiger partial charge in [0.25, 0.3) is 0 Å². The van der Waals surface area contributed by atoms with E-state index < -0.39 is 0 Å². The number of hydrogen-bond acceptors (Lipinski definition) is 4. The number of nitrogens with zero attached hydrogens (tertiary/aromatic N) is 3. The molecule has 19 heavy (non-hydrogen) atoms. The summed E-state index contributed by atoms with van der Waals surface area (Å²) in [6.45, 7) is 5.46. The van der Waals surface area contributed by atoms with E-state index in [1.165, 1.54) is 50.0 Å². The van der Waals surface area contributed by atoms with Gasteiger partial charge in [-0.15, -0.1) is 0 Å². The molecule has 0 saturated carbocycles. The van der Waals surface area contributed by atoms with E-state index in [0.717, 1.165) is 19.1 Å². The van der Waals surface area contributed by atoms with Gasteiger partial charge in [-0.1, -0.05) is 6.42 Å². The summed E-state index contributed by atoms with van der Waals surface area (Å²) in [5.41, 5.74) is 8.28. The highest BCUT2D eigenvalue weighted by Crippen LogP contribution is 2.27. The van der Waals surface area contributed by atoms with Gasteiger partial charge in [-0.3, -0.25) is 9.88 Å². The van der Waals surface area contributed by atoms with Crippen molar-refractivity contribution in [3.05, 3.63) is 24.0 Å². The van der Waals surface area contributed by atoms with E-state index in [9.17, 15) is 0 Å². The molecule has 1 aromatic rings. The molecule has 4 nitrogen and oxygen atoms in total. The molecule has 3 rings (SSSR count). The number of pyridine rings is 1. The molecule has 1 aromatic heterocycles. The molecule has 2 aliphatic heterocycles. The minimum Gasteiger partial charge on any atom is -0.370 e. The molecule has 0 aromatic carbocycles. The fourth-order valence-corrected chi connectivity index (χ4v) is 3.43. The van der Waals surface area contributed by atoms with Gasteiger partial charge in [0, 0.05) is 49.3 Å². The molecule has 2 aliphatic rings. The minimum absolute atomic E-state index is 0.577. The summed E-state index contributed by atoms with van der Waals surface area (Å²) >= 11 is 0. The first kappa shape index (κ1) is 12.9. The predicted molar refractivity (Wildman–Crippen MR) is 78.2 cm³/mol. The van der Waals surface area contributed by atoms with Crippen molar-refractivity contribution < 1.29 is 0 Å². The topological polar surface area (TPSA) is 45.4 Å². The van der Waals surface area contributed by atoms with E-state index in [-0.39, 0.29) is 0 Å². The molecule has 3 heterocycles. The minimum atomic E-state index is 0.577. The lowest BCUT2D eigenvalue weighted by atomic mass is 10.1. The first-order valence-corrected chi connectivity index (χ1v) is 7.50. The molecule has 0 bridgehead atoms. The van der Waals surface area contributed by atoms with Gasteiger partial charge in [-0.25, -0.2) is 0 Å². The first-order chi connectivity index (χ1) is 9.38. The van der Waals surface area contributed by atoms with Crippen molar-refractivity contribution in [1.29, 1.82) is 0 Å². The van der Waals surface area contributed by atoms with Gasteiger partial charge in [0.15, 0.2) is 0 Å². The molecular weight excluding hydrogens is 236 g/mol. The molecule has 1 atom stereocenters. The van der Waals surface area contributed by atoms with Crippen LogP contribution in [0.5, 0.6) is 0 Å². The van der Waals surface area contributed by atoms with Crippen LogP contribution in [0.1, 0.15) is 31.2 Å². The number of nitrogens with two attached hydrogens (primary N) is 1. The van der Waals surface area contributed by atoms with Crippen LogP contribution in [0.25, 0.3) is 0 Å². The molecule has 0 amide bonds. The quantitative estimate of drug-likeness (QED) is 0.897. The van der Waals surface area contributed by atoms with E-state index >= 15 is 0 Å². The Kier molecular flexibility index (Phi) is 3.99. The Morgan fingerprint density at radius 1 is 1.21 bits per heavy atom. The number of likely N-dealkylation sites (tertiary alicyclic amines) is 1. The zero-order valence-corrected chi connectivity index (χ0v) is 11.6. The van der Waals surface area contributed by atoms with Crippen LogP contribution in [0, 0.1) is 0 Å². The van der Waals surface area contributed by atoms with Crippen molar-refractivity contribution in [2.45, 2.75) is 38.3 Å². The smallest absolute Gasteiger partial charge is 0.0443 e. The van der Waals surface area contributed by atoms with Crippen LogP contribution in [-0.2, 0) is 6.54 Å². The fraction of sp³-hybridized carbons (Fsp3) is 0.667. The third-order valence-electron chi connectivity index (χ3n) is 4.51. The third kappa shape index (κ3) is 2.74. The highest BCUT2D eigenvalue weighted by atomic mass is 15.3. The average molecular weight is 260 g/mol. The molecule has 4 heteroatoms. The first-order valence-electron chi connectivity index (χ1n) is 7.50. The molecule has 1 unspecified atom stereocenters. The van der Waals surface area contributed by atoms with Crippen LogP contribution >= 0.6 is 0 Å². The molecule has 104 valence electrons. The summed E-state index contributed by atoms with van der Waals surface area (Å²) in [4.78, 5) is 9.36. The Hall–Kier alpha value is -1.13. The Morgan fingerprint density at radius 2 is 2.05 bits per heavy atom. The Balaban J connectivity index is 1.67. The van der Waals surface area contributed by atoms with Crippen LogP contribution < -0.4 is 10.6 Å². The second kappa shape index (κ2) is 5.88. The molecule has 0 aliphatic carbocycles. The number of piperidine rings is 1. The predicted octanol–water partition coefficient (Wildman–Crippen LogP) is 1.60. The molecule has 2 fully saturated rings. The van der Waals surface area contributed by atoms with Crippen molar-refractivity contribution in [3.8, 4) is 0 Å². The summed E-state index contributed by atoms with van der Waals surface area (Å²) in [7, 11) is 0. The van der Waals surface area contributed by atoms with E-state index in [1.807, 2.05) is 12.4 Å². The summed E-state index contributed by atoms with van der Waals surface area (Å²) < 4.78 is 0. The largest absolute Gasteiger partial charge is 0.370 e. The molecule has 2 N–H and O–H groups in total. The van der Waals surface area contributed by atoms with E-state index in [4.69, 9.17) is 5.73 Å². The summed E-state index contributed by atoms with van der Waals surface area (Å²) in [6.07, 6.45) is 9.23. The van der Waals surface area contributed by atoms with Gasteiger partial charge < -0.3 is 10.6 Å². The lowest BCUT2D eigenvalue weighted by Gasteiger charge is -2.32.